The lowest BCUT2D eigenvalue weighted by Gasteiger charge is -2.09. The lowest BCUT2D eigenvalue weighted by atomic mass is 10.0. The number of rotatable bonds is 4. The quantitative estimate of drug-likeness (QED) is 0.426. The summed E-state index contributed by atoms with van der Waals surface area (Å²) < 4.78 is 7.46. The van der Waals surface area contributed by atoms with Crippen LogP contribution >= 0.6 is 31.9 Å². The first kappa shape index (κ1) is 16.9. The zero-order chi connectivity index (χ0) is 17.1. The molecule has 0 aromatic heterocycles. The average molecular weight is 446 g/mol. The van der Waals surface area contributed by atoms with Crippen molar-refractivity contribution in [3.05, 3.63) is 92.4 Å². The van der Waals surface area contributed by atoms with Crippen LogP contribution in [0.1, 0.15) is 21.5 Å². The van der Waals surface area contributed by atoms with Crippen LogP contribution in [-0.2, 0) is 0 Å². The number of benzene rings is 3. The smallest absolute Gasteiger partial charge is 0.194 e. The van der Waals surface area contributed by atoms with Crippen molar-refractivity contribution in [3.8, 4) is 11.5 Å². The van der Waals surface area contributed by atoms with Crippen molar-refractivity contribution in [1.82, 2.24) is 0 Å². The Kier molecular flexibility index (Phi) is 5.17. The highest BCUT2D eigenvalue weighted by atomic mass is 79.9. The predicted molar refractivity (Wildman–Crippen MR) is 103 cm³/mol. The first-order valence-electron chi connectivity index (χ1n) is 7.38. The summed E-state index contributed by atoms with van der Waals surface area (Å²) in [6.07, 6.45) is 0. The zero-order valence-electron chi connectivity index (χ0n) is 12.9. The average Bonchev–Trinajstić information content (AvgIpc) is 2.59. The minimum atomic E-state index is -0.0301. The van der Waals surface area contributed by atoms with Gasteiger partial charge in [0.25, 0.3) is 0 Å². The van der Waals surface area contributed by atoms with Crippen LogP contribution in [0.2, 0.25) is 0 Å². The van der Waals surface area contributed by atoms with Crippen molar-refractivity contribution in [1.29, 1.82) is 0 Å². The number of hydrogen-bond donors (Lipinski definition) is 0. The van der Waals surface area contributed by atoms with Crippen LogP contribution in [0.5, 0.6) is 11.5 Å². The molecule has 0 atom stereocenters. The summed E-state index contributed by atoms with van der Waals surface area (Å²) in [5.74, 6) is 1.43. The van der Waals surface area contributed by atoms with Gasteiger partial charge in [-0.3, -0.25) is 4.79 Å². The second-order valence-corrected chi connectivity index (χ2v) is 7.06. The molecule has 0 spiro atoms. The van der Waals surface area contributed by atoms with E-state index in [0.29, 0.717) is 16.9 Å². The van der Waals surface area contributed by atoms with E-state index in [9.17, 15) is 4.79 Å². The predicted octanol–water partition coefficient (Wildman–Crippen LogP) is 6.54. The number of carbonyl (C=O) groups is 1. The van der Waals surface area contributed by atoms with Crippen molar-refractivity contribution in [2.45, 2.75) is 6.92 Å². The lowest BCUT2D eigenvalue weighted by Crippen LogP contribution is -2.03. The van der Waals surface area contributed by atoms with Crippen LogP contribution in [-0.4, -0.2) is 5.78 Å². The molecule has 120 valence electrons. The van der Waals surface area contributed by atoms with E-state index < -0.39 is 0 Å². The van der Waals surface area contributed by atoms with Crippen molar-refractivity contribution >= 4 is 37.6 Å². The van der Waals surface area contributed by atoms with E-state index in [0.717, 1.165) is 20.3 Å². The fraction of sp³-hybridized carbons (Fsp3) is 0.0500. The second-order valence-electron chi connectivity index (χ2n) is 5.35. The van der Waals surface area contributed by atoms with Gasteiger partial charge in [0.1, 0.15) is 11.5 Å². The number of ether oxygens (including phenoxy) is 1. The molecule has 3 aromatic rings. The highest BCUT2D eigenvalue weighted by Gasteiger charge is 2.15. The van der Waals surface area contributed by atoms with Crippen molar-refractivity contribution < 1.29 is 9.53 Å². The van der Waals surface area contributed by atoms with E-state index in [1.807, 2.05) is 49.4 Å². The zero-order valence-corrected chi connectivity index (χ0v) is 16.1. The fourth-order valence-corrected chi connectivity index (χ4v) is 3.33. The summed E-state index contributed by atoms with van der Waals surface area (Å²) in [7, 11) is 0. The molecule has 0 heterocycles. The number of ketones is 1. The Morgan fingerprint density at radius 3 is 2.17 bits per heavy atom. The number of carbonyl (C=O) groups excluding carboxylic acids is 1. The number of para-hydroxylation sites is 1. The normalized spacial score (nSPS) is 10.5. The van der Waals surface area contributed by atoms with E-state index >= 15 is 0 Å². The third-order valence-corrected chi connectivity index (χ3v) is 5.07. The monoisotopic (exact) mass is 444 g/mol. The highest BCUT2D eigenvalue weighted by molar-refractivity contribution is 9.11. The fourth-order valence-electron chi connectivity index (χ4n) is 2.35. The van der Waals surface area contributed by atoms with E-state index in [-0.39, 0.29) is 5.78 Å². The highest BCUT2D eigenvalue weighted by Crippen LogP contribution is 2.29. The molecule has 0 saturated heterocycles. The van der Waals surface area contributed by atoms with Crippen molar-refractivity contribution in [3.63, 3.8) is 0 Å². The largest absolute Gasteiger partial charge is 0.457 e. The minimum Gasteiger partial charge on any atom is -0.457 e. The molecule has 0 radical (unpaired) electrons. The van der Waals surface area contributed by atoms with Gasteiger partial charge in [-0.15, -0.1) is 0 Å². The van der Waals surface area contributed by atoms with Crippen LogP contribution in [0.25, 0.3) is 0 Å². The van der Waals surface area contributed by atoms with Gasteiger partial charge >= 0.3 is 0 Å². The molecule has 0 bridgehead atoms. The summed E-state index contributed by atoms with van der Waals surface area (Å²) in [5, 5.41) is 0. The molecule has 0 saturated carbocycles. The Morgan fingerprint density at radius 1 is 0.875 bits per heavy atom. The van der Waals surface area contributed by atoms with Gasteiger partial charge in [-0.05, 0) is 76.9 Å². The van der Waals surface area contributed by atoms with E-state index in [2.05, 4.69) is 31.9 Å². The number of halogens is 2. The van der Waals surface area contributed by atoms with Gasteiger partial charge in [0, 0.05) is 20.1 Å². The molecular formula is C20H14Br2O2. The maximum Gasteiger partial charge on any atom is 0.194 e. The van der Waals surface area contributed by atoms with Gasteiger partial charge in [-0.2, -0.15) is 0 Å². The van der Waals surface area contributed by atoms with Gasteiger partial charge < -0.3 is 4.74 Å². The molecule has 3 rings (SSSR count). The van der Waals surface area contributed by atoms with Gasteiger partial charge in [-0.1, -0.05) is 34.1 Å². The summed E-state index contributed by atoms with van der Waals surface area (Å²) in [6.45, 7) is 1.96. The molecule has 0 N–H and O–H groups in total. The molecule has 0 unspecified atom stereocenters. The number of aryl methyl sites for hydroxylation is 1. The third kappa shape index (κ3) is 3.77. The summed E-state index contributed by atoms with van der Waals surface area (Å²) in [6, 6.07) is 20.5. The van der Waals surface area contributed by atoms with Gasteiger partial charge in [0.15, 0.2) is 5.78 Å². The van der Waals surface area contributed by atoms with Crippen LogP contribution in [0.4, 0.5) is 0 Å². The van der Waals surface area contributed by atoms with Crippen molar-refractivity contribution in [2.24, 2.45) is 0 Å². The molecule has 0 aliphatic rings. The third-order valence-electron chi connectivity index (χ3n) is 3.56. The maximum atomic E-state index is 12.7. The molecule has 0 aliphatic carbocycles. The molecular weight excluding hydrogens is 432 g/mol. The summed E-state index contributed by atoms with van der Waals surface area (Å²) in [5.41, 5.74) is 2.27. The Hall–Kier alpha value is -1.91. The summed E-state index contributed by atoms with van der Waals surface area (Å²) >= 11 is 6.95. The van der Waals surface area contributed by atoms with E-state index in [1.165, 1.54) is 0 Å². The Morgan fingerprint density at radius 2 is 1.50 bits per heavy atom. The second kappa shape index (κ2) is 7.32. The number of hydrogen-bond acceptors (Lipinski definition) is 2. The van der Waals surface area contributed by atoms with Gasteiger partial charge in [0.2, 0.25) is 0 Å². The van der Waals surface area contributed by atoms with E-state index in [1.54, 1.807) is 24.3 Å². The Balaban J connectivity index is 1.84. The molecule has 3 aromatic carbocycles. The molecule has 0 amide bonds. The maximum absolute atomic E-state index is 12.7. The topological polar surface area (TPSA) is 26.3 Å². The molecule has 0 fully saturated rings. The standard InChI is InChI=1S/C20H14Br2O2/c1-13-11-15(21)12-18(19(13)22)20(23)14-7-9-17(10-8-14)24-16-5-3-2-4-6-16/h2-12H,1H3. The Bertz CT molecular complexity index is 872. The van der Waals surface area contributed by atoms with Gasteiger partial charge in [-0.25, -0.2) is 0 Å². The lowest BCUT2D eigenvalue weighted by molar-refractivity contribution is 0.103. The van der Waals surface area contributed by atoms with Crippen LogP contribution < -0.4 is 4.74 Å². The first-order chi connectivity index (χ1) is 11.5. The molecule has 0 aliphatic heterocycles. The van der Waals surface area contributed by atoms with Crippen LogP contribution in [0.15, 0.2) is 75.7 Å². The first-order valence-corrected chi connectivity index (χ1v) is 8.96. The Labute approximate surface area is 157 Å². The SMILES string of the molecule is Cc1cc(Br)cc(C(=O)c2ccc(Oc3ccccc3)cc2)c1Br. The molecule has 4 heteroatoms. The molecule has 2 nitrogen and oxygen atoms in total. The summed E-state index contributed by atoms with van der Waals surface area (Å²) in [4.78, 5) is 12.7. The van der Waals surface area contributed by atoms with Gasteiger partial charge in [0.05, 0.1) is 0 Å². The van der Waals surface area contributed by atoms with Crippen molar-refractivity contribution in [2.75, 3.05) is 0 Å². The minimum absolute atomic E-state index is 0.0301. The molecule has 24 heavy (non-hydrogen) atoms. The van der Waals surface area contributed by atoms with Crippen LogP contribution in [0, 0.1) is 6.92 Å². The van der Waals surface area contributed by atoms with Crippen LogP contribution in [0.3, 0.4) is 0 Å². The van der Waals surface area contributed by atoms with E-state index in [4.69, 9.17) is 4.74 Å².